The normalized spacial score (nSPS) is 17.0. The largest absolute Gasteiger partial charge is 0.473 e. The van der Waals surface area contributed by atoms with Gasteiger partial charge in [-0.25, -0.2) is 23.5 Å². The van der Waals surface area contributed by atoms with Crippen LogP contribution in [0.2, 0.25) is 0 Å². The molecule has 2 amide bonds. The van der Waals surface area contributed by atoms with E-state index in [1.54, 1.807) is 45.2 Å². The third-order valence-corrected chi connectivity index (χ3v) is 5.97. The zero-order valence-electron chi connectivity index (χ0n) is 21.5. The molecule has 0 aromatic carbocycles. The van der Waals surface area contributed by atoms with Crippen molar-refractivity contribution in [2.24, 2.45) is 0 Å². The Morgan fingerprint density at radius 1 is 1.24 bits per heavy atom. The van der Waals surface area contributed by atoms with E-state index in [0.717, 1.165) is 12.8 Å². The van der Waals surface area contributed by atoms with Gasteiger partial charge < -0.3 is 20.1 Å². The summed E-state index contributed by atoms with van der Waals surface area (Å²) in [6.45, 7) is 5.24. The number of halogens is 2. The van der Waals surface area contributed by atoms with Crippen LogP contribution in [0.4, 0.5) is 30.9 Å². The maximum absolute atomic E-state index is 13.3. The molecule has 2 N–H and O–H groups in total. The summed E-state index contributed by atoms with van der Waals surface area (Å²) < 4.78 is 39.3. The molecule has 202 valence electrons. The van der Waals surface area contributed by atoms with Gasteiger partial charge in [-0.3, -0.25) is 9.69 Å². The number of hydrogen-bond donors (Lipinski definition) is 2. The minimum absolute atomic E-state index is 0.0725. The average Bonchev–Trinajstić information content (AvgIpc) is 3.52. The van der Waals surface area contributed by atoms with Crippen LogP contribution in [0.3, 0.4) is 0 Å². The lowest BCUT2D eigenvalue weighted by molar-refractivity contribution is -0.0901. The van der Waals surface area contributed by atoms with Crippen molar-refractivity contribution in [3.63, 3.8) is 0 Å². The number of amides is 2. The molecule has 2 saturated carbocycles. The van der Waals surface area contributed by atoms with E-state index in [4.69, 9.17) is 9.47 Å². The van der Waals surface area contributed by atoms with Gasteiger partial charge in [-0.05, 0) is 45.7 Å². The highest BCUT2D eigenvalue weighted by atomic mass is 19.3. The van der Waals surface area contributed by atoms with E-state index < -0.39 is 42.4 Å². The molecule has 0 bridgehead atoms. The van der Waals surface area contributed by atoms with E-state index in [2.05, 4.69) is 25.7 Å². The van der Waals surface area contributed by atoms with Crippen LogP contribution in [0.5, 0.6) is 5.88 Å². The van der Waals surface area contributed by atoms with Crippen LogP contribution in [0, 0.1) is 0 Å². The maximum Gasteiger partial charge on any atom is 0.415 e. The highest BCUT2D eigenvalue weighted by Crippen LogP contribution is 2.38. The molecule has 0 saturated heterocycles. The van der Waals surface area contributed by atoms with Crippen LogP contribution < -0.4 is 20.3 Å². The van der Waals surface area contributed by atoms with Crippen molar-refractivity contribution in [1.82, 2.24) is 24.9 Å². The first-order valence-corrected chi connectivity index (χ1v) is 12.3. The first-order chi connectivity index (χ1) is 17.9. The van der Waals surface area contributed by atoms with Crippen molar-refractivity contribution >= 4 is 35.0 Å². The number of nitrogens with one attached hydrogen (secondary N) is 2. The lowest BCUT2D eigenvalue weighted by Crippen LogP contribution is -2.50. The second-order valence-electron chi connectivity index (χ2n) is 10.6. The van der Waals surface area contributed by atoms with Gasteiger partial charge in [-0.1, -0.05) is 0 Å². The molecule has 13 heteroatoms. The second kappa shape index (κ2) is 9.37. The van der Waals surface area contributed by atoms with Gasteiger partial charge in [-0.15, -0.1) is 0 Å². The lowest BCUT2D eigenvalue weighted by atomic mass is 9.88. The molecule has 0 radical (unpaired) electrons. The van der Waals surface area contributed by atoms with Crippen molar-refractivity contribution < 1.29 is 27.8 Å². The van der Waals surface area contributed by atoms with Gasteiger partial charge in [0.05, 0.1) is 6.20 Å². The second-order valence-corrected chi connectivity index (χ2v) is 10.6. The van der Waals surface area contributed by atoms with Gasteiger partial charge in [-0.2, -0.15) is 9.61 Å². The van der Waals surface area contributed by atoms with Gasteiger partial charge in [0.1, 0.15) is 34.6 Å². The summed E-state index contributed by atoms with van der Waals surface area (Å²) in [6.07, 6.45) is 3.43. The van der Waals surface area contributed by atoms with Crippen LogP contribution in [-0.4, -0.2) is 62.3 Å². The maximum atomic E-state index is 13.3. The van der Waals surface area contributed by atoms with E-state index >= 15 is 0 Å². The molecule has 0 atom stereocenters. The molecule has 0 spiro atoms. The van der Waals surface area contributed by atoms with Crippen LogP contribution >= 0.6 is 0 Å². The Balaban J connectivity index is 1.51. The van der Waals surface area contributed by atoms with Gasteiger partial charge in [0, 0.05) is 38.2 Å². The Morgan fingerprint density at radius 2 is 1.97 bits per heavy atom. The number of ether oxygens (including phenoxy) is 2. The monoisotopic (exact) mass is 529 g/mol. The Morgan fingerprint density at radius 3 is 2.63 bits per heavy atom. The SMILES string of the molecule is CN(C(=O)OC(C)(C)C)c1cc(Nc2cccnc2OC2CC2)nc2c(C(=O)NC3CC(F)(F)C3)cnn12. The van der Waals surface area contributed by atoms with Gasteiger partial charge in [0.2, 0.25) is 5.88 Å². The number of hydrogen-bond acceptors (Lipinski definition) is 8. The number of pyridine rings is 1. The average molecular weight is 530 g/mol. The van der Waals surface area contributed by atoms with Crippen LogP contribution in [0.25, 0.3) is 5.65 Å². The summed E-state index contributed by atoms with van der Waals surface area (Å²) >= 11 is 0. The van der Waals surface area contributed by atoms with Gasteiger partial charge in [0.15, 0.2) is 5.65 Å². The minimum Gasteiger partial charge on any atom is -0.473 e. The number of anilines is 3. The van der Waals surface area contributed by atoms with Gasteiger partial charge in [0.25, 0.3) is 11.8 Å². The Hall–Kier alpha value is -4.03. The fraction of sp³-hybridized carbons (Fsp3) is 0.480. The standard InChI is InChI=1S/C25H29F2N7O4/c1-24(2,3)38-23(36)33(4)19-10-18(31-17-6-5-9-28-22(17)37-15-7-8-15)32-20-16(13-29-34(19)20)21(35)30-14-11-25(26,27)12-14/h5-6,9-10,13-15H,7-8,11-12H2,1-4H3,(H,30,35)(H,31,32). The predicted molar refractivity (Wildman–Crippen MR) is 134 cm³/mol. The smallest absolute Gasteiger partial charge is 0.415 e. The van der Waals surface area contributed by atoms with Crippen molar-refractivity contribution in [2.75, 3.05) is 17.3 Å². The number of carbonyl (C=O) groups is 2. The molecule has 5 rings (SSSR count). The minimum atomic E-state index is -2.78. The zero-order chi connectivity index (χ0) is 27.2. The summed E-state index contributed by atoms with van der Waals surface area (Å²) in [7, 11) is 1.51. The Labute approximate surface area is 217 Å². The van der Waals surface area contributed by atoms with Crippen molar-refractivity contribution in [2.45, 2.75) is 70.1 Å². The topological polar surface area (TPSA) is 123 Å². The van der Waals surface area contributed by atoms with E-state index in [-0.39, 0.29) is 29.0 Å². The molecule has 0 aliphatic heterocycles. The zero-order valence-corrected chi connectivity index (χ0v) is 21.5. The molecule has 2 aliphatic carbocycles. The highest BCUT2D eigenvalue weighted by molar-refractivity contribution is 6.00. The number of nitrogens with zero attached hydrogens (tertiary/aromatic N) is 5. The molecule has 3 aromatic rings. The van der Waals surface area contributed by atoms with E-state index in [1.807, 2.05) is 0 Å². The third-order valence-electron chi connectivity index (χ3n) is 5.97. The highest BCUT2D eigenvalue weighted by Gasteiger charge is 2.46. The number of carbonyl (C=O) groups excluding carboxylic acids is 2. The van der Waals surface area contributed by atoms with E-state index in [9.17, 15) is 18.4 Å². The summed E-state index contributed by atoms with van der Waals surface area (Å²) in [5.41, 5.74) is -0.00575. The number of fused-ring (bicyclic) bond motifs is 1. The third kappa shape index (κ3) is 5.60. The van der Waals surface area contributed by atoms with E-state index in [1.165, 1.54) is 22.7 Å². The molecule has 2 fully saturated rings. The number of rotatable bonds is 7. The fourth-order valence-electron chi connectivity index (χ4n) is 3.92. The van der Waals surface area contributed by atoms with Crippen LogP contribution in [0.15, 0.2) is 30.6 Å². The lowest BCUT2D eigenvalue weighted by Gasteiger charge is -2.35. The summed E-state index contributed by atoms with van der Waals surface area (Å²) in [4.78, 5) is 36.0. The van der Waals surface area contributed by atoms with Crippen molar-refractivity contribution in [3.05, 3.63) is 36.2 Å². The Kier molecular flexibility index (Phi) is 6.32. The fourth-order valence-corrected chi connectivity index (χ4v) is 3.92. The Bertz CT molecular complexity index is 1380. The number of alkyl halides is 2. The van der Waals surface area contributed by atoms with Gasteiger partial charge >= 0.3 is 6.09 Å². The van der Waals surface area contributed by atoms with Crippen molar-refractivity contribution in [3.8, 4) is 5.88 Å². The van der Waals surface area contributed by atoms with Crippen LogP contribution in [-0.2, 0) is 4.74 Å². The van der Waals surface area contributed by atoms with E-state index in [0.29, 0.717) is 11.6 Å². The summed E-state index contributed by atoms with van der Waals surface area (Å²) in [5, 5.41) is 10.0. The molecule has 11 nitrogen and oxygen atoms in total. The quantitative estimate of drug-likeness (QED) is 0.464. The van der Waals surface area contributed by atoms with Crippen LogP contribution in [0.1, 0.15) is 56.8 Å². The number of aromatic nitrogens is 4. The first-order valence-electron chi connectivity index (χ1n) is 12.3. The molecule has 3 heterocycles. The molecule has 2 aliphatic rings. The van der Waals surface area contributed by atoms with Crippen molar-refractivity contribution in [1.29, 1.82) is 0 Å². The first kappa shape index (κ1) is 25.6. The molecule has 3 aromatic heterocycles. The summed E-state index contributed by atoms with van der Waals surface area (Å²) in [6, 6.07) is 4.44. The summed E-state index contributed by atoms with van der Waals surface area (Å²) in [5.74, 6) is -2.43. The molecule has 38 heavy (non-hydrogen) atoms. The molecular weight excluding hydrogens is 500 g/mol. The molecule has 0 unspecified atom stereocenters. The predicted octanol–water partition coefficient (Wildman–Crippen LogP) is 4.31. The molecular formula is C25H29F2N7O4.